The van der Waals surface area contributed by atoms with Crippen molar-refractivity contribution in [3.63, 3.8) is 0 Å². The summed E-state index contributed by atoms with van der Waals surface area (Å²) in [5.41, 5.74) is 1.39. The molecule has 2 aromatic rings. The van der Waals surface area contributed by atoms with Gasteiger partial charge < -0.3 is 20.2 Å². The van der Waals surface area contributed by atoms with E-state index in [0.717, 1.165) is 5.56 Å². The predicted octanol–water partition coefficient (Wildman–Crippen LogP) is 1.95. The highest BCUT2D eigenvalue weighted by Crippen LogP contribution is 2.11. The molecule has 0 unspecified atom stereocenters. The summed E-state index contributed by atoms with van der Waals surface area (Å²) < 4.78 is 17.5. The lowest BCUT2D eigenvalue weighted by molar-refractivity contribution is 0.172. The Hall–Kier alpha value is -2.34. The van der Waals surface area contributed by atoms with Crippen LogP contribution in [0.15, 0.2) is 47.3 Å². The lowest BCUT2D eigenvalue weighted by atomic mass is 10.2. The molecule has 6 heteroatoms. The van der Waals surface area contributed by atoms with E-state index in [-0.39, 0.29) is 18.9 Å². The number of nitrogens with one attached hydrogen (secondary N) is 2. The zero-order valence-corrected chi connectivity index (χ0v) is 10.7. The first-order chi connectivity index (χ1) is 9.65. The molecule has 0 aliphatic heterocycles. The Bertz CT molecular complexity index is 540. The lowest BCUT2D eigenvalue weighted by Crippen LogP contribution is -2.37. The van der Waals surface area contributed by atoms with E-state index < -0.39 is 12.1 Å². The molecule has 0 saturated heterocycles. The third-order valence-electron chi connectivity index (χ3n) is 2.75. The van der Waals surface area contributed by atoms with Crippen molar-refractivity contribution in [2.45, 2.75) is 12.6 Å². The number of furan rings is 1. The molecule has 2 rings (SSSR count). The number of rotatable bonds is 5. The molecule has 1 heterocycles. The molecule has 0 bridgehead atoms. The highest BCUT2D eigenvalue weighted by Gasteiger charge is 2.10. The van der Waals surface area contributed by atoms with Gasteiger partial charge in [-0.2, -0.15) is 0 Å². The number of halogens is 1. The maximum absolute atomic E-state index is 12.7. The van der Waals surface area contributed by atoms with Gasteiger partial charge in [-0.1, -0.05) is 12.1 Å². The minimum atomic E-state index is -0.815. The molecular weight excluding hydrogens is 263 g/mol. The summed E-state index contributed by atoms with van der Waals surface area (Å²) in [7, 11) is 0. The highest BCUT2D eigenvalue weighted by atomic mass is 19.1. The van der Waals surface area contributed by atoms with Gasteiger partial charge in [-0.15, -0.1) is 0 Å². The zero-order valence-electron chi connectivity index (χ0n) is 10.7. The van der Waals surface area contributed by atoms with E-state index in [9.17, 15) is 14.3 Å². The van der Waals surface area contributed by atoms with Crippen molar-refractivity contribution in [1.29, 1.82) is 0 Å². The van der Waals surface area contributed by atoms with E-state index in [4.69, 9.17) is 4.42 Å². The SMILES string of the molecule is O=C(NCc1ccc(F)cc1)NC[C@H](O)c1ccoc1. The van der Waals surface area contributed by atoms with Crippen molar-refractivity contribution in [2.24, 2.45) is 0 Å². The Morgan fingerprint density at radius 1 is 1.25 bits per heavy atom. The monoisotopic (exact) mass is 278 g/mol. The number of amides is 2. The fraction of sp³-hybridized carbons (Fsp3) is 0.214. The predicted molar refractivity (Wildman–Crippen MR) is 70.3 cm³/mol. The number of hydrogen-bond acceptors (Lipinski definition) is 3. The Morgan fingerprint density at radius 3 is 2.65 bits per heavy atom. The van der Waals surface area contributed by atoms with Crippen LogP contribution in [0.3, 0.4) is 0 Å². The molecule has 3 N–H and O–H groups in total. The van der Waals surface area contributed by atoms with Gasteiger partial charge in [0.05, 0.1) is 18.6 Å². The number of benzene rings is 1. The molecule has 2 amide bonds. The number of urea groups is 1. The van der Waals surface area contributed by atoms with E-state index in [1.165, 1.54) is 24.7 Å². The van der Waals surface area contributed by atoms with Crippen molar-refractivity contribution in [3.8, 4) is 0 Å². The fourth-order valence-electron chi connectivity index (χ4n) is 1.62. The van der Waals surface area contributed by atoms with Crippen LogP contribution in [0.25, 0.3) is 0 Å². The van der Waals surface area contributed by atoms with Crippen LogP contribution in [0.5, 0.6) is 0 Å². The molecule has 0 aliphatic rings. The summed E-state index contributed by atoms with van der Waals surface area (Å²) >= 11 is 0. The summed E-state index contributed by atoms with van der Waals surface area (Å²) in [5.74, 6) is -0.318. The van der Waals surface area contributed by atoms with Gasteiger partial charge in [0.1, 0.15) is 5.82 Å². The maximum atomic E-state index is 12.7. The number of carbonyl (C=O) groups excluding carboxylic acids is 1. The molecule has 0 aliphatic carbocycles. The molecular formula is C14H15FN2O3. The van der Waals surface area contributed by atoms with Crippen LogP contribution < -0.4 is 10.6 Å². The molecule has 106 valence electrons. The third kappa shape index (κ3) is 4.10. The second kappa shape index (κ2) is 6.72. The highest BCUT2D eigenvalue weighted by molar-refractivity contribution is 5.73. The zero-order chi connectivity index (χ0) is 14.4. The third-order valence-corrected chi connectivity index (χ3v) is 2.75. The quantitative estimate of drug-likeness (QED) is 0.782. The molecule has 0 saturated carbocycles. The van der Waals surface area contributed by atoms with Gasteiger partial charge in [-0.05, 0) is 23.8 Å². The fourth-order valence-corrected chi connectivity index (χ4v) is 1.62. The molecule has 0 radical (unpaired) electrons. The first kappa shape index (κ1) is 14.1. The van der Waals surface area contributed by atoms with Crippen molar-refractivity contribution in [1.82, 2.24) is 10.6 Å². The first-order valence-electron chi connectivity index (χ1n) is 6.11. The summed E-state index contributed by atoms with van der Waals surface area (Å²) in [4.78, 5) is 11.5. The van der Waals surface area contributed by atoms with E-state index in [1.807, 2.05) is 0 Å². The minimum Gasteiger partial charge on any atom is -0.472 e. The Balaban J connectivity index is 1.71. The van der Waals surface area contributed by atoms with E-state index >= 15 is 0 Å². The van der Waals surface area contributed by atoms with Gasteiger partial charge in [0, 0.05) is 18.7 Å². The molecule has 0 fully saturated rings. The summed E-state index contributed by atoms with van der Waals surface area (Å²) in [6.07, 6.45) is 2.06. The number of hydrogen-bond donors (Lipinski definition) is 3. The molecule has 0 spiro atoms. The topological polar surface area (TPSA) is 74.5 Å². The van der Waals surface area contributed by atoms with Crippen molar-refractivity contribution >= 4 is 6.03 Å². The number of carbonyl (C=O) groups is 1. The number of aliphatic hydroxyl groups excluding tert-OH is 1. The number of aliphatic hydroxyl groups is 1. The summed E-state index contributed by atoms with van der Waals surface area (Å²) in [6.45, 7) is 0.364. The Kier molecular flexibility index (Phi) is 4.73. The molecule has 1 aromatic carbocycles. The second-order valence-corrected chi connectivity index (χ2v) is 4.26. The van der Waals surface area contributed by atoms with Crippen molar-refractivity contribution < 1.29 is 18.7 Å². The van der Waals surface area contributed by atoms with E-state index in [2.05, 4.69) is 10.6 Å². The Morgan fingerprint density at radius 2 is 2.00 bits per heavy atom. The lowest BCUT2D eigenvalue weighted by Gasteiger charge is -2.11. The van der Waals surface area contributed by atoms with Gasteiger partial charge in [-0.3, -0.25) is 0 Å². The van der Waals surface area contributed by atoms with Crippen LogP contribution in [0, 0.1) is 5.82 Å². The Labute approximate surface area is 115 Å². The van der Waals surface area contributed by atoms with Gasteiger partial charge in [0.2, 0.25) is 0 Å². The first-order valence-corrected chi connectivity index (χ1v) is 6.11. The largest absolute Gasteiger partial charge is 0.472 e. The van der Waals surface area contributed by atoms with Gasteiger partial charge in [0.25, 0.3) is 0 Å². The van der Waals surface area contributed by atoms with Crippen LogP contribution >= 0.6 is 0 Å². The average Bonchev–Trinajstić information content (AvgIpc) is 2.98. The summed E-state index contributed by atoms with van der Waals surface area (Å²) in [6, 6.07) is 7.07. The maximum Gasteiger partial charge on any atom is 0.315 e. The normalized spacial score (nSPS) is 11.9. The van der Waals surface area contributed by atoms with Gasteiger partial charge in [-0.25, -0.2) is 9.18 Å². The second-order valence-electron chi connectivity index (χ2n) is 4.26. The van der Waals surface area contributed by atoms with Crippen LogP contribution in [-0.2, 0) is 6.54 Å². The van der Waals surface area contributed by atoms with Crippen LogP contribution in [0.2, 0.25) is 0 Å². The summed E-state index contributed by atoms with van der Waals surface area (Å²) in [5, 5.41) is 14.9. The average molecular weight is 278 g/mol. The van der Waals surface area contributed by atoms with Crippen LogP contribution in [0.1, 0.15) is 17.2 Å². The van der Waals surface area contributed by atoms with Crippen molar-refractivity contribution in [3.05, 3.63) is 59.8 Å². The van der Waals surface area contributed by atoms with Crippen LogP contribution in [0.4, 0.5) is 9.18 Å². The van der Waals surface area contributed by atoms with Crippen LogP contribution in [-0.4, -0.2) is 17.7 Å². The van der Waals surface area contributed by atoms with Crippen molar-refractivity contribution in [2.75, 3.05) is 6.54 Å². The van der Waals surface area contributed by atoms with Gasteiger partial charge >= 0.3 is 6.03 Å². The smallest absolute Gasteiger partial charge is 0.315 e. The van der Waals surface area contributed by atoms with E-state index in [0.29, 0.717) is 5.56 Å². The molecule has 1 atom stereocenters. The minimum absolute atomic E-state index is 0.0782. The molecule has 20 heavy (non-hydrogen) atoms. The molecule has 1 aromatic heterocycles. The molecule has 5 nitrogen and oxygen atoms in total. The standard InChI is InChI=1S/C14H15FN2O3/c15-12-3-1-10(2-4-12)7-16-14(19)17-8-13(18)11-5-6-20-9-11/h1-6,9,13,18H,7-8H2,(H2,16,17,19)/t13-/m0/s1. The van der Waals surface area contributed by atoms with Gasteiger partial charge in [0.15, 0.2) is 0 Å². The van der Waals surface area contributed by atoms with E-state index in [1.54, 1.807) is 18.2 Å².